The Kier molecular flexibility index (Phi) is 3.94. The molecule has 2 N–H and O–H groups in total. The van der Waals surface area contributed by atoms with E-state index in [9.17, 15) is 9.90 Å². The molecule has 5 heteroatoms. The van der Waals surface area contributed by atoms with E-state index in [1.165, 1.54) is 24.0 Å². The van der Waals surface area contributed by atoms with E-state index < -0.39 is 0 Å². The van der Waals surface area contributed by atoms with Crippen LogP contribution in [-0.4, -0.2) is 22.0 Å². The zero-order valence-electron chi connectivity index (χ0n) is 9.96. The molecule has 0 saturated heterocycles. The lowest BCUT2D eigenvalue weighted by Gasteiger charge is -2.13. The number of hydrogen-bond acceptors (Lipinski definition) is 4. The van der Waals surface area contributed by atoms with Crippen LogP contribution in [0.25, 0.3) is 0 Å². The molecule has 1 unspecified atom stereocenters. The Morgan fingerprint density at radius 2 is 2.39 bits per heavy atom. The average Bonchev–Trinajstić information content (AvgIpc) is 2.81. The molecule has 18 heavy (non-hydrogen) atoms. The molecule has 0 aromatic carbocycles. The normalized spacial score (nSPS) is 12.1. The molecule has 1 atom stereocenters. The van der Waals surface area contributed by atoms with E-state index in [0.717, 1.165) is 6.42 Å². The number of amides is 1. The second-order valence-electron chi connectivity index (χ2n) is 4.14. The van der Waals surface area contributed by atoms with Crippen molar-refractivity contribution in [1.82, 2.24) is 10.3 Å². The number of thiophene rings is 1. The van der Waals surface area contributed by atoms with Crippen molar-refractivity contribution in [2.45, 2.75) is 19.4 Å². The molecule has 0 radical (unpaired) electrons. The van der Waals surface area contributed by atoms with Gasteiger partial charge in [-0.2, -0.15) is 11.3 Å². The molecule has 4 nitrogen and oxygen atoms in total. The van der Waals surface area contributed by atoms with Crippen LogP contribution in [0.3, 0.4) is 0 Å². The summed E-state index contributed by atoms with van der Waals surface area (Å²) >= 11 is 1.64. The molecule has 0 spiro atoms. The third kappa shape index (κ3) is 3.30. The summed E-state index contributed by atoms with van der Waals surface area (Å²) in [7, 11) is 0. The highest BCUT2D eigenvalue weighted by Gasteiger charge is 2.11. The summed E-state index contributed by atoms with van der Waals surface area (Å²) in [5.41, 5.74) is 1.58. The number of hydrogen-bond donors (Lipinski definition) is 2. The van der Waals surface area contributed by atoms with Gasteiger partial charge in [-0.1, -0.05) is 0 Å². The number of nitrogens with one attached hydrogen (secondary N) is 1. The predicted octanol–water partition coefficient (Wildman–Crippen LogP) is 2.21. The van der Waals surface area contributed by atoms with Crippen LogP contribution in [0.15, 0.2) is 35.3 Å². The van der Waals surface area contributed by atoms with E-state index in [0.29, 0.717) is 5.56 Å². The van der Waals surface area contributed by atoms with Gasteiger partial charge in [0.1, 0.15) is 5.75 Å². The topological polar surface area (TPSA) is 62.2 Å². The van der Waals surface area contributed by atoms with Crippen LogP contribution in [0, 0.1) is 0 Å². The van der Waals surface area contributed by atoms with E-state index in [2.05, 4.69) is 15.7 Å². The molecular formula is C13H14N2O2S. The molecule has 2 aromatic heterocycles. The van der Waals surface area contributed by atoms with Gasteiger partial charge in [0.2, 0.25) is 0 Å². The Morgan fingerprint density at radius 1 is 1.56 bits per heavy atom. The van der Waals surface area contributed by atoms with Crippen LogP contribution in [0.1, 0.15) is 22.8 Å². The molecule has 0 saturated carbocycles. The minimum Gasteiger partial charge on any atom is -0.506 e. The quantitative estimate of drug-likeness (QED) is 0.888. The van der Waals surface area contributed by atoms with Crippen LogP contribution in [0.4, 0.5) is 0 Å². The number of rotatable bonds is 4. The number of carbonyl (C=O) groups is 1. The Labute approximate surface area is 109 Å². The number of pyridine rings is 1. The molecule has 2 rings (SSSR count). The van der Waals surface area contributed by atoms with Gasteiger partial charge in [0.25, 0.3) is 5.91 Å². The number of carbonyl (C=O) groups excluding carboxylic acids is 1. The molecule has 1 amide bonds. The summed E-state index contributed by atoms with van der Waals surface area (Å²) in [4.78, 5) is 15.7. The van der Waals surface area contributed by atoms with Crippen LogP contribution < -0.4 is 5.32 Å². The molecule has 2 aromatic rings. The molecule has 0 bridgehead atoms. The fourth-order valence-corrected chi connectivity index (χ4v) is 2.35. The zero-order valence-corrected chi connectivity index (χ0v) is 10.8. The van der Waals surface area contributed by atoms with Crippen LogP contribution in [-0.2, 0) is 6.42 Å². The maximum atomic E-state index is 11.9. The van der Waals surface area contributed by atoms with Crippen LogP contribution in [0.5, 0.6) is 5.75 Å². The van der Waals surface area contributed by atoms with E-state index >= 15 is 0 Å². The summed E-state index contributed by atoms with van der Waals surface area (Å²) in [5, 5.41) is 16.2. The molecule has 0 aliphatic carbocycles. The maximum Gasteiger partial charge on any atom is 0.253 e. The third-order valence-electron chi connectivity index (χ3n) is 2.49. The fourth-order valence-electron chi connectivity index (χ4n) is 1.67. The average molecular weight is 262 g/mol. The minimum atomic E-state index is -0.221. The van der Waals surface area contributed by atoms with Crippen molar-refractivity contribution >= 4 is 17.2 Å². The van der Waals surface area contributed by atoms with Crippen molar-refractivity contribution in [3.63, 3.8) is 0 Å². The first kappa shape index (κ1) is 12.6. The minimum absolute atomic E-state index is 0.00635. The first-order valence-corrected chi connectivity index (χ1v) is 6.55. The van der Waals surface area contributed by atoms with Crippen LogP contribution >= 0.6 is 11.3 Å². The Balaban J connectivity index is 1.95. The first-order valence-electron chi connectivity index (χ1n) is 5.61. The standard InChI is InChI=1S/C13H14N2O2S/c1-9(4-10-2-3-18-8-10)15-13(17)11-5-12(16)7-14-6-11/h2-3,5-9,16H,4H2,1H3,(H,15,17). The molecule has 0 aliphatic heterocycles. The third-order valence-corrected chi connectivity index (χ3v) is 3.22. The van der Waals surface area contributed by atoms with Gasteiger partial charge in [-0.25, -0.2) is 0 Å². The highest BCUT2D eigenvalue weighted by atomic mass is 32.1. The van der Waals surface area contributed by atoms with Gasteiger partial charge in [-0.3, -0.25) is 9.78 Å². The molecular weight excluding hydrogens is 248 g/mol. The van der Waals surface area contributed by atoms with Gasteiger partial charge in [0.15, 0.2) is 0 Å². The van der Waals surface area contributed by atoms with Crippen molar-refractivity contribution in [3.05, 3.63) is 46.4 Å². The molecule has 2 heterocycles. The second-order valence-corrected chi connectivity index (χ2v) is 4.92. The van der Waals surface area contributed by atoms with Crippen LogP contribution in [0.2, 0.25) is 0 Å². The lowest BCUT2D eigenvalue weighted by Crippen LogP contribution is -2.34. The highest BCUT2D eigenvalue weighted by Crippen LogP contribution is 2.11. The van der Waals surface area contributed by atoms with E-state index in [1.54, 1.807) is 11.3 Å². The van der Waals surface area contributed by atoms with Crippen molar-refractivity contribution in [3.8, 4) is 5.75 Å². The first-order chi connectivity index (χ1) is 8.65. The van der Waals surface area contributed by atoms with Crippen molar-refractivity contribution in [2.75, 3.05) is 0 Å². The smallest absolute Gasteiger partial charge is 0.253 e. The Morgan fingerprint density at radius 3 is 3.06 bits per heavy atom. The van der Waals surface area contributed by atoms with Gasteiger partial charge < -0.3 is 10.4 Å². The zero-order chi connectivity index (χ0) is 13.0. The predicted molar refractivity (Wildman–Crippen MR) is 70.9 cm³/mol. The van der Waals surface area contributed by atoms with Crippen molar-refractivity contribution in [1.29, 1.82) is 0 Å². The summed E-state index contributed by atoms with van der Waals surface area (Å²) in [6, 6.07) is 3.48. The Bertz CT molecular complexity index is 526. The summed E-state index contributed by atoms with van der Waals surface area (Å²) < 4.78 is 0. The van der Waals surface area contributed by atoms with Crippen molar-refractivity contribution < 1.29 is 9.90 Å². The second kappa shape index (κ2) is 5.64. The largest absolute Gasteiger partial charge is 0.506 e. The van der Waals surface area contributed by atoms with Gasteiger partial charge in [0, 0.05) is 12.2 Å². The van der Waals surface area contributed by atoms with Gasteiger partial charge in [-0.05, 0) is 41.8 Å². The van der Waals surface area contributed by atoms with E-state index in [4.69, 9.17) is 0 Å². The maximum absolute atomic E-state index is 11.9. The van der Waals surface area contributed by atoms with Crippen molar-refractivity contribution in [2.24, 2.45) is 0 Å². The lowest BCUT2D eigenvalue weighted by atomic mass is 10.1. The van der Waals surface area contributed by atoms with Gasteiger partial charge in [-0.15, -0.1) is 0 Å². The van der Waals surface area contributed by atoms with Gasteiger partial charge in [0.05, 0.1) is 11.8 Å². The molecule has 0 fully saturated rings. The van der Waals surface area contributed by atoms with E-state index in [-0.39, 0.29) is 17.7 Å². The highest BCUT2D eigenvalue weighted by molar-refractivity contribution is 7.07. The number of aromatic hydroxyl groups is 1. The summed E-state index contributed by atoms with van der Waals surface area (Å²) in [5.74, 6) is -0.228. The van der Waals surface area contributed by atoms with E-state index in [1.807, 2.05) is 18.4 Å². The molecule has 94 valence electrons. The number of nitrogens with zero attached hydrogens (tertiary/aromatic N) is 1. The SMILES string of the molecule is CC(Cc1ccsc1)NC(=O)c1cncc(O)c1. The molecule has 0 aliphatic rings. The summed E-state index contributed by atoms with van der Waals surface area (Å²) in [6.45, 7) is 1.95. The fraction of sp³-hybridized carbons (Fsp3) is 0.231. The summed E-state index contributed by atoms with van der Waals surface area (Å²) in [6.07, 6.45) is 3.53. The van der Waals surface area contributed by atoms with Gasteiger partial charge >= 0.3 is 0 Å². The number of aromatic nitrogens is 1. The lowest BCUT2D eigenvalue weighted by molar-refractivity contribution is 0.0939. The monoisotopic (exact) mass is 262 g/mol. The Hall–Kier alpha value is -1.88.